The van der Waals surface area contributed by atoms with E-state index in [4.69, 9.17) is 4.74 Å². The molecule has 2 atom stereocenters. The van der Waals surface area contributed by atoms with Crippen LogP contribution in [0.1, 0.15) is 51.1 Å². The molecule has 0 spiro atoms. The summed E-state index contributed by atoms with van der Waals surface area (Å²) in [6.07, 6.45) is 5.19. The van der Waals surface area contributed by atoms with Gasteiger partial charge in [-0.15, -0.1) is 0 Å². The van der Waals surface area contributed by atoms with E-state index in [1.54, 1.807) is 7.11 Å². The van der Waals surface area contributed by atoms with Gasteiger partial charge >= 0.3 is 0 Å². The van der Waals surface area contributed by atoms with Crippen molar-refractivity contribution in [2.24, 2.45) is 0 Å². The van der Waals surface area contributed by atoms with Gasteiger partial charge in [0.2, 0.25) is 0 Å². The van der Waals surface area contributed by atoms with Crippen LogP contribution in [0.15, 0.2) is 24.3 Å². The predicted molar refractivity (Wildman–Crippen MR) is 88.9 cm³/mol. The number of rotatable bonds is 7. The van der Waals surface area contributed by atoms with Gasteiger partial charge in [-0.25, -0.2) is 0 Å². The number of hydrogen-bond acceptors (Lipinski definition) is 3. The highest BCUT2D eigenvalue weighted by molar-refractivity contribution is 5.35. The van der Waals surface area contributed by atoms with E-state index in [1.807, 2.05) is 12.1 Å². The second kappa shape index (κ2) is 8.40. The molecular weight excluding hydrogens is 260 g/mol. The van der Waals surface area contributed by atoms with E-state index >= 15 is 0 Å². The Hall–Kier alpha value is -1.06. The summed E-state index contributed by atoms with van der Waals surface area (Å²) in [4.78, 5) is 2.62. The minimum atomic E-state index is 0.369. The lowest BCUT2D eigenvalue weighted by Gasteiger charge is -2.33. The van der Waals surface area contributed by atoms with E-state index < -0.39 is 0 Å². The van der Waals surface area contributed by atoms with Crippen molar-refractivity contribution in [1.82, 2.24) is 10.2 Å². The van der Waals surface area contributed by atoms with Gasteiger partial charge in [-0.1, -0.05) is 31.5 Å². The molecule has 3 heteroatoms. The highest BCUT2D eigenvalue weighted by atomic mass is 16.5. The van der Waals surface area contributed by atoms with Gasteiger partial charge in [0.05, 0.1) is 7.11 Å². The summed E-state index contributed by atoms with van der Waals surface area (Å²) < 4.78 is 5.50. The lowest BCUT2D eigenvalue weighted by Crippen LogP contribution is -2.43. The van der Waals surface area contributed by atoms with Gasteiger partial charge in [-0.2, -0.15) is 0 Å². The van der Waals surface area contributed by atoms with Crippen molar-refractivity contribution in [2.45, 2.75) is 51.6 Å². The molecule has 2 rings (SSSR count). The molecule has 3 nitrogen and oxygen atoms in total. The highest BCUT2D eigenvalue weighted by Crippen LogP contribution is 2.26. The monoisotopic (exact) mass is 290 g/mol. The fraction of sp³-hybridized carbons (Fsp3) is 0.667. The zero-order chi connectivity index (χ0) is 15.1. The Morgan fingerprint density at radius 2 is 1.90 bits per heavy atom. The summed E-state index contributed by atoms with van der Waals surface area (Å²) in [5.41, 5.74) is 1.27. The molecule has 0 radical (unpaired) electrons. The summed E-state index contributed by atoms with van der Waals surface area (Å²) >= 11 is 0. The molecular formula is C18H30N2O. The van der Waals surface area contributed by atoms with Crippen LogP contribution in [0, 0.1) is 0 Å². The Morgan fingerprint density at radius 1 is 1.19 bits per heavy atom. The average Bonchev–Trinajstić information content (AvgIpc) is 2.56. The van der Waals surface area contributed by atoms with Crippen molar-refractivity contribution in [3.8, 4) is 5.75 Å². The molecule has 1 heterocycles. The summed E-state index contributed by atoms with van der Waals surface area (Å²) in [5.74, 6) is 0.988. The minimum absolute atomic E-state index is 0.369. The van der Waals surface area contributed by atoms with Crippen molar-refractivity contribution in [3.63, 3.8) is 0 Å². The van der Waals surface area contributed by atoms with Crippen molar-refractivity contribution in [2.75, 3.05) is 26.7 Å². The Balaban J connectivity index is 1.92. The fourth-order valence-electron chi connectivity index (χ4n) is 3.23. The van der Waals surface area contributed by atoms with Gasteiger partial charge in [0.15, 0.2) is 0 Å². The lowest BCUT2D eigenvalue weighted by molar-refractivity contribution is 0.167. The van der Waals surface area contributed by atoms with E-state index in [0.717, 1.165) is 18.7 Å². The van der Waals surface area contributed by atoms with Crippen LogP contribution in [0.25, 0.3) is 0 Å². The van der Waals surface area contributed by atoms with Crippen LogP contribution in [-0.4, -0.2) is 37.7 Å². The third kappa shape index (κ3) is 4.45. The zero-order valence-corrected chi connectivity index (χ0v) is 13.8. The van der Waals surface area contributed by atoms with Crippen molar-refractivity contribution >= 4 is 0 Å². The Bertz CT molecular complexity index is 415. The van der Waals surface area contributed by atoms with Crippen LogP contribution in [0.2, 0.25) is 0 Å². The number of piperidine rings is 1. The number of nitrogens with zero attached hydrogens (tertiary/aromatic N) is 1. The Morgan fingerprint density at radius 3 is 2.57 bits per heavy atom. The SMILES string of the molecule is CCC(NCC(C)N1CCCCC1)c1ccccc1OC. The van der Waals surface area contributed by atoms with Gasteiger partial charge in [0.25, 0.3) is 0 Å². The first-order valence-corrected chi connectivity index (χ1v) is 8.36. The first-order valence-electron chi connectivity index (χ1n) is 8.36. The summed E-state index contributed by atoms with van der Waals surface area (Å²) in [6, 6.07) is 9.32. The normalized spacial score (nSPS) is 19.2. The minimum Gasteiger partial charge on any atom is -0.496 e. The molecule has 0 saturated carbocycles. The molecule has 1 aromatic carbocycles. The molecule has 0 aromatic heterocycles. The molecule has 21 heavy (non-hydrogen) atoms. The topological polar surface area (TPSA) is 24.5 Å². The van der Waals surface area contributed by atoms with Gasteiger partial charge in [-0.05, 0) is 45.3 Å². The van der Waals surface area contributed by atoms with E-state index in [0.29, 0.717) is 12.1 Å². The number of para-hydroxylation sites is 1. The summed E-state index contributed by atoms with van der Waals surface area (Å²) in [6.45, 7) is 8.13. The van der Waals surface area contributed by atoms with Crippen LogP contribution in [0.4, 0.5) is 0 Å². The maximum Gasteiger partial charge on any atom is 0.123 e. The molecule has 1 aromatic rings. The third-order valence-corrected chi connectivity index (χ3v) is 4.60. The first kappa shape index (κ1) is 16.3. The number of ether oxygens (including phenoxy) is 1. The van der Waals surface area contributed by atoms with Crippen LogP contribution < -0.4 is 10.1 Å². The first-order chi connectivity index (χ1) is 10.3. The van der Waals surface area contributed by atoms with Gasteiger partial charge < -0.3 is 10.1 Å². The Labute approximate surface area is 129 Å². The molecule has 0 bridgehead atoms. The number of likely N-dealkylation sites (tertiary alicyclic amines) is 1. The van der Waals surface area contributed by atoms with Crippen LogP contribution in [-0.2, 0) is 0 Å². The molecule has 1 fully saturated rings. The fourth-order valence-corrected chi connectivity index (χ4v) is 3.23. The average molecular weight is 290 g/mol. The van der Waals surface area contributed by atoms with E-state index in [1.165, 1.54) is 37.9 Å². The van der Waals surface area contributed by atoms with Crippen molar-refractivity contribution in [3.05, 3.63) is 29.8 Å². The maximum absolute atomic E-state index is 5.50. The van der Waals surface area contributed by atoms with Crippen LogP contribution in [0.3, 0.4) is 0 Å². The molecule has 2 unspecified atom stereocenters. The third-order valence-electron chi connectivity index (χ3n) is 4.60. The number of hydrogen-bond donors (Lipinski definition) is 1. The van der Waals surface area contributed by atoms with E-state index in [9.17, 15) is 0 Å². The molecule has 1 aliphatic heterocycles. The highest BCUT2D eigenvalue weighted by Gasteiger charge is 2.19. The van der Waals surface area contributed by atoms with E-state index in [2.05, 4.69) is 36.2 Å². The summed E-state index contributed by atoms with van der Waals surface area (Å²) in [7, 11) is 1.75. The second-order valence-electron chi connectivity index (χ2n) is 6.06. The standard InChI is InChI=1S/C18H30N2O/c1-4-17(16-10-6-7-11-18(16)21-3)19-14-15(2)20-12-8-5-9-13-20/h6-7,10-11,15,17,19H,4-5,8-9,12-14H2,1-3H3. The zero-order valence-electron chi connectivity index (χ0n) is 13.8. The van der Waals surface area contributed by atoms with Gasteiger partial charge in [-0.3, -0.25) is 4.90 Å². The largest absolute Gasteiger partial charge is 0.496 e. The predicted octanol–water partition coefficient (Wildman–Crippen LogP) is 3.61. The number of nitrogens with one attached hydrogen (secondary N) is 1. The lowest BCUT2D eigenvalue weighted by atomic mass is 10.0. The van der Waals surface area contributed by atoms with Gasteiger partial charge in [0, 0.05) is 24.2 Å². The van der Waals surface area contributed by atoms with Crippen molar-refractivity contribution < 1.29 is 4.74 Å². The summed E-state index contributed by atoms with van der Waals surface area (Å²) in [5, 5.41) is 3.74. The maximum atomic E-state index is 5.50. The molecule has 118 valence electrons. The molecule has 1 N–H and O–H groups in total. The van der Waals surface area contributed by atoms with E-state index in [-0.39, 0.29) is 0 Å². The van der Waals surface area contributed by atoms with Gasteiger partial charge in [0.1, 0.15) is 5.75 Å². The molecule has 1 aliphatic rings. The quantitative estimate of drug-likeness (QED) is 0.830. The number of benzene rings is 1. The molecule has 1 saturated heterocycles. The molecule has 0 amide bonds. The Kier molecular flexibility index (Phi) is 6.52. The van der Waals surface area contributed by atoms with Crippen molar-refractivity contribution in [1.29, 1.82) is 0 Å². The van der Waals surface area contributed by atoms with Crippen LogP contribution >= 0.6 is 0 Å². The number of methoxy groups -OCH3 is 1. The van der Waals surface area contributed by atoms with Crippen LogP contribution in [0.5, 0.6) is 5.75 Å². The second-order valence-corrected chi connectivity index (χ2v) is 6.06. The molecule has 0 aliphatic carbocycles. The smallest absolute Gasteiger partial charge is 0.123 e.